The fourth-order valence-electron chi connectivity index (χ4n) is 10.3. The summed E-state index contributed by atoms with van der Waals surface area (Å²) in [5.74, 6) is 0. The van der Waals surface area contributed by atoms with Gasteiger partial charge < -0.3 is 19.6 Å². The van der Waals surface area contributed by atoms with Crippen LogP contribution in [0.25, 0.3) is 33.4 Å². The highest BCUT2D eigenvalue weighted by Gasteiger charge is 2.18. The first-order valence-corrected chi connectivity index (χ1v) is 27.6. The van der Waals surface area contributed by atoms with Crippen molar-refractivity contribution in [1.29, 1.82) is 0 Å². The zero-order chi connectivity index (χ0) is 54.3. The molecule has 11 aromatic rings. The molecule has 12 rings (SSSR count). The lowest BCUT2D eigenvalue weighted by Crippen LogP contribution is -2.16. The SMILES string of the molecule is C/C=C\C.C1=CC(N(c2ccc(-c3ccc(N(c4ccccc4)c4ccccc4)cc3)cc2)c2ccc(-c3ccc(N(c4ccccc4)c4ccc(-c5ccc(N(c6ccccc6)c6ccccc6)cc5)cc4)cc3)cc2)=CCC1. The molecule has 11 aromatic carbocycles. The highest BCUT2D eigenvalue weighted by molar-refractivity contribution is 5.83. The van der Waals surface area contributed by atoms with Crippen LogP contribution in [0.1, 0.15) is 26.7 Å². The summed E-state index contributed by atoms with van der Waals surface area (Å²) < 4.78 is 0. The third kappa shape index (κ3) is 12.0. The molecule has 388 valence electrons. The van der Waals surface area contributed by atoms with E-state index in [1.165, 1.54) is 22.4 Å². The molecule has 0 heterocycles. The number of anilines is 11. The molecule has 0 unspecified atom stereocenters. The Kier molecular flexibility index (Phi) is 16.4. The lowest BCUT2D eigenvalue weighted by atomic mass is 10.0. The normalized spacial score (nSPS) is 11.8. The van der Waals surface area contributed by atoms with Crippen molar-refractivity contribution in [1.82, 2.24) is 0 Å². The molecule has 0 radical (unpaired) electrons. The number of benzene rings is 11. The molecule has 0 aliphatic heterocycles. The molecule has 80 heavy (non-hydrogen) atoms. The molecule has 0 atom stereocenters. The zero-order valence-corrected chi connectivity index (χ0v) is 45.4. The Morgan fingerprint density at radius 3 is 0.613 bits per heavy atom. The average Bonchev–Trinajstić information content (AvgIpc) is 3.55. The predicted octanol–water partition coefficient (Wildman–Crippen LogP) is 22.1. The van der Waals surface area contributed by atoms with Gasteiger partial charge in [-0.1, -0.05) is 188 Å². The van der Waals surface area contributed by atoms with Gasteiger partial charge in [0, 0.05) is 68.3 Å². The summed E-state index contributed by atoms with van der Waals surface area (Å²) in [6, 6.07) is 106. The third-order valence-corrected chi connectivity index (χ3v) is 14.4. The molecular weight excluding hydrogens is 969 g/mol. The first-order chi connectivity index (χ1) is 39.6. The zero-order valence-electron chi connectivity index (χ0n) is 45.4. The second kappa shape index (κ2) is 25.3. The third-order valence-electron chi connectivity index (χ3n) is 14.4. The maximum absolute atomic E-state index is 2.37. The molecule has 1 aliphatic rings. The summed E-state index contributed by atoms with van der Waals surface area (Å²) in [5, 5.41) is 0. The Morgan fingerprint density at radius 1 is 0.225 bits per heavy atom. The fourth-order valence-corrected chi connectivity index (χ4v) is 10.3. The summed E-state index contributed by atoms with van der Waals surface area (Å²) in [7, 11) is 0. The van der Waals surface area contributed by atoms with Gasteiger partial charge in [0.15, 0.2) is 0 Å². The van der Waals surface area contributed by atoms with Crippen LogP contribution in [-0.4, -0.2) is 0 Å². The van der Waals surface area contributed by atoms with Gasteiger partial charge in [-0.2, -0.15) is 0 Å². The van der Waals surface area contributed by atoms with Crippen LogP contribution >= 0.6 is 0 Å². The topological polar surface area (TPSA) is 13.0 Å². The molecule has 0 fully saturated rings. The van der Waals surface area contributed by atoms with Crippen molar-refractivity contribution < 1.29 is 0 Å². The predicted molar refractivity (Wildman–Crippen MR) is 342 cm³/mol. The summed E-state index contributed by atoms with van der Waals surface area (Å²) >= 11 is 0. The van der Waals surface area contributed by atoms with Crippen molar-refractivity contribution in [3.8, 4) is 33.4 Å². The van der Waals surface area contributed by atoms with Crippen LogP contribution in [0, 0.1) is 0 Å². The van der Waals surface area contributed by atoms with Crippen LogP contribution in [0.4, 0.5) is 62.6 Å². The van der Waals surface area contributed by atoms with Crippen LogP contribution in [0.15, 0.2) is 333 Å². The number of para-hydroxylation sites is 5. The summed E-state index contributed by atoms with van der Waals surface area (Å²) in [4.78, 5) is 9.29. The summed E-state index contributed by atoms with van der Waals surface area (Å²) in [6.07, 6.45) is 13.0. The molecule has 0 spiro atoms. The van der Waals surface area contributed by atoms with Crippen molar-refractivity contribution in [2.45, 2.75) is 26.7 Å². The Morgan fingerprint density at radius 2 is 0.425 bits per heavy atom. The van der Waals surface area contributed by atoms with Crippen LogP contribution in [-0.2, 0) is 0 Å². The molecular formula is C76H64N4. The molecule has 0 N–H and O–H groups in total. The van der Waals surface area contributed by atoms with Gasteiger partial charge in [0.25, 0.3) is 0 Å². The molecule has 0 saturated heterocycles. The summed E-state index contributed by atoms with van der Waals surface area (Å²) in [6.45, 7) is 4.00. The lowest BCUT2D eigenvalue weighted by molar-refractivity contribution is 0.997. The first-order valence-electron chi connectivity index (χ1n) is 27.6. The first kappa shape index (κ1) is 51.9. The van der Waals surface area contributed by atoms with Crippen molar-refractivity contribution in [2.24, 2.45) is 0 Å². The van der Waals surface area contributed by atoms with E-state index in [0.29, 0.717) is 0 Å². The number of allylic oxidation sites excluding steroid dienone is 5. The minimum absolute atomic E-state index is 1.02. The van der Waals surface area contributed by atoms with E-state index in [4.69, 9.17) is 0 Å². The van der Waals surface area contributed by atoms with E-state index in [1.807, 2.05) is 26.0 Å². The second-order valence-electron chi connectivity index (χ2n) is 19.6. The van der Waals surface area contributed by atoms with Crippen LogP contribution in [0.3, 0.4) is 0 Å². The summed E-state index contributed by atoms with van der Waals surface area (Å²) in [5.41, 5.74) is 20.4. The van der Waals surface area contributed by atoms with Gasteiger partial charge in [-0.05, 0) is 200 Å². The van der Waals surface area contributed by atoms with E-state index in [0.717, 1.165) is 92.1 Å². The van der Waals surface area contributed by atoms with Gasteiger partial charge in [0.2, 0.25) is 0 Å². The van der Waals surface area contributed by atoms with Gasteiger partial charge in [-0.3, -0.25) is 0 Å². The van der Waals surface area contributed by atoms with Crippen molar-refractivity contribution in [3.05, 3.63) is 333 Å². The van der Waals surface area contributed by atoms with Crippen LogP contribution in [0.5, 0.6) is 0 Å². The smallest absolute Gasteiger partial charge is 0.0462 e. The number of hydrogen-bond acceptors (Lipinski definition) is 4. The number of hydrogen-bond donors (Lipinski definition) is 0. The minimum atomic E-state index is 1.02. The lowest BCUT2D eigenvalue weighted by Gasteiger charge is -2.28. The van der Waals surface area contributed by atoms with Gasteiger partial charge in [0.05, 0.1) is 0 Å². The highest BCUT2D eigenvalue weighted by atomic mass is 15.2. The second-order valence-corrected chi connectivity index (χ2v) is 19.6. The van der Waals surface area contributed by atoms with E-state index in [1.54, 1.807) is 0 Å². The molecule has 0 saturated carbocycles. The van der Waals surface area contributed by atoms with E-state index in [9.17, 15) is 0 Å². The van der Waals surface area contributed by atoms with E-state index >= 15 is 0 Å². The van der Waals surface area contributed by atoms with E-state index in [-0.39, 0.29) is 0 Å². The van der Waals surface area contributed by atoms with Crippen LogP contribution < -0.4 is 19.6 Å². The molecule has 1 aliphatic carbocycles. The molecule has 4 nitrogen and oxygen atoms in total. The van der Waals surface area contributed by atoms with Gasteiger partial charge in [-0.25, -0.2) is 0 Å². The Hall–Kier alpha value is -10.2. The number of rotatable bonds is 15. The van der Waals surface area contributed by atoms with Crippen molar-refractivity contribution in [2.75, 3.05) is 19.6 Å². The Labute approximate surface area is 473 Å². The van der Waals surface area contributed by atoms with Gasteiger partial charge in [0.1, 0.15) is 0 Å². The quantitative estimate of drug-likeness (QED) is 0.0949. The van der Waals surface area contributed by atoms with Gasteiger partial charge >= 0.3 is 0 Å². The Balaban J connectivity index is 0.00000163. The van der Waals surface area contributed by atoms with Crippen molar-refractivity contribution in [3.63, 3.8) is 0 Å². The molecule has 0 amide bonds. The largest absolute Gasteiger partial charge is 0.311 e. The average molecular weight is 1030 g/mol. The van der Waals surface area contributed by atoms with Gasteiger partial charge in [-0.15, -0.1) is 0 Å². The van der Waals surface area contributed by atoms with Crippen LogP contribution in [0.2, 0.25) is 0 Å². The Bertz CT molecular complexity index is 3680. The highest BCUT2D eigenvalue weighted by Crippen LogP contribution is 2.41. The maximum atomic E-state index is 2.37. The maximum Gasteiger partial charge on any atom is 0.0462 e. The van der Waals surface area contributed by atoms with E-state index < -0.39 is 0 Å². The van der Waals surface area contributed by atoms with E-state index in [2.05, 4.69) is 335 Å². The standard InChI is InChI=1S/C72H56N4.C4H8/c1-7-19-61(20-8-1)73(62-21-9-2-10-22-62)67-43-31-55(32-44-67)57-35-47-69(48-36-57)75(65-27-15-5-16-28-65)71-51-39-59(40-52-71)60-41-53-72(54-42-60)76(66-29-17-6-18-30-66)70-49-37-58(38-50-70)56-33-45-68(46-34-56)74(63-23-11-3-12-24-63)64-25-13-4-14-26-64;1-3-4-2/h1-5,7-17,19-54H,6,18H2;3-4H,1-2H3/b;4-3-. The molecule has 0 bridgehead atoms. The molecule has 4 heteroatoms. The fraction of sp³-hybridized carbons (Fsp3) is 0.0526. The number of nitrogens with zero attached hydrogens (tertiary/aromatic N) is 4. The monoisotopic (exact) mass is 1030 g/mol. The van der Waals surface area contributed by atoms with Crippen molar-refractivity contribution >= 4 is 62.6 Å². The molecule has 0 aromatic heterocycles. The minimum Gasteiger partial charge on any atom is -0.311 e.